The van der Waals surface area contributed by atoms with Crippen LogP contribution in [0.1, 0.15) is 26.7 Å². The maximum atomic E-state index is 11.4. The standard InChI is InChI=1S/C11H22N2O4/c1-8(10(15)16)5-4-6-12-11(17)13(3)7-9(2)14/h8-9,14H,4-7H2,1-3H3,(H,12,17)(H,15,16). The van der Waals surface area contributed by atoms with E-state index in [0.717, 1.165) is 0 Å². The molecule has 3 N–H and O–H groups in total. The zero-order valence-electron chi connectivity index (χ0n) is 10.6. The molecule has 0 fully saturated rings. The van der Waals surface area contributed by atoms with Crippen LogP contribution in [0.2, 0.25) is 0 Å². The number of carbonyl (C=O) groups is 2. The number of rotatable bonds is 7. The summed E-state index contributed by atoms with van der Waals surface area (Å²) in [4.78, 5) is 23.4. The lowest BCUT2D eigenvalue weighted by molar-refractivity contribution is -0.141. The van der Waals surface area contributed by atoms with Gasteiger partial charge in [0.1, 0.15) is 0 Å². The van der Waals surface area contributed by atoms with Crippen LogP contribution in [0.15, 0.2) is 0 Å². The largest absolute Gasteiger partial charge is 0.481 e. The number of aliphatic hydroxyl groups is 1. The van der Waals surface area contributed by atoms with Crippen molar-refractivity contribution in [2.75, 3.05) is 20.1 Å². The van der Waals surface area contributed by atoms with Crippen LogP contribution in [-0.4, -0.2) is 53.4 Å². The number of likely N-dealkylation sites (N-methyl/N-ethyl adjacent to an activating group) is 1. The number of carbonyl (C=O) groups excluding carboxylic acids is 1. The van der Waals surface area contributed by atoms with Crippen molar-refractivity contribution in [1.82, 2.24) is 10.2 Å². The van der Waals surface area contributed by atoms with Crippen molar-refractivity contribution in [3.63, 3.8) is 0 Å². The maximum Gasteiger partial charge on any atom is 0.317 e. The number of carboxylic acid groups (broad SMARTS) is 1. The van der Waals surface area contributed by atoms with Gasteiger partial charge in [0, 0.05) is 20.1 Å². The van der Waals surface area contributed by atoms with E-state index in [9.17, 15) is 9.59 Å². The fourth-order valence-electron chi connectivity index (χ4n) is 1.34. The fraction of sp³-hybridized carbons (Fsp3) is 0.818. The van der Waals surface area contributed by atoms with Crippen molar-refractivity contribution in [2.45, 2.75) is 32.8 Å². The maximum absolute atomic E-state index is 11.4. The molecule has 0 heterocycles. The first-order valence-corrected chi connectivity index (χ1v) is 5.74. The third-order valence-electron chi connectivity index (χ3n) is 2.40. The molecule has 0 aromatic rings. The lowest BCUT2D eigenvalue weighted by Gasteiger charge is -2.19. The number of nitrogens with one attached hydrogen (secondary N) is 1. The summed E-state index contributed by atoms with van der Waals surface area (Å²) in [5.74, 6) is -1.20. The highest BCUT2D eigenvalue weighted by molar-refractivity contribution is 5.73. The summed E-state index contributed by atoms with van der Waals surface area (Å²) in [6, 6.07) is -0.256. The summed E-state index contributed by atoms with van der Waals surface area (Å²) in [7, 11) is 1.60. The predicted molar refractivity (Wildman–Crippen MR) is 63.7 cm³/mol. The van der Waals surface area contributed by atoms with E-state index >= 15 is 0 Å². The minimum Gasteiger partial charge on any atom is -0.481 e. The summed E-state index contributed by atoms with van der Waals surface area (Å²) in [6.45, 7) is 3.97. The smallest absolute Gasteiger partial charge is 0.317 e. The Kier molecular flexibility index (Phi) is 7.29. The van der Waals surface area contributed by atoms with E-state index < -0.39 is 12.1 Å². The van der Waals surface area contributed by atoms with Gasteiger partial charge in [-0.2, -0.15) is 0 Å². The molecule has 0 aromatic heterocycles. The number of urea groups is 1. The molecule has 0 aliphatic carbocycles. The number of hydrogen-bond donors (Lipinski definition) is 3. The third kappa shape index (κ3) is 7.57. The normalized spacial score (nSPS) is 13.9. The Balaban J connectivity index is 3.68. The molecule has 0 aliphatic rings. The molecule has 2 amide bonds. The summed E-state index contributed by atoms with van der Waals surface area (Å²) in [5.41, 5.74) is 0. The molecule has 0 rings (SSSR count). The molecule has 17 heavy (non-hydrogen) atoms. The van der Waals surface area contributed by atoms with Crippen LogP contribution in [0.5, 0.6) is 0 Å². The van der Waals surface area contributed by atoms with Crippen molar-refractivity contribution in [2.24, 2.45) is 5.92 Å². The van der Waals surface area contributed by atoms with E-state index in [1.165, 1.54) is 4.90 Å². The second-order valence-corrected chi connectivity index (χ2v) is 4.34. The zero-order valence-corrected chi connectivity index (χ0v) is 10.6. The van der Waals surface area contributed by atoms with Gasteiger partial charge in [-0.15, -0.1) is 0 Å². The molecular formula is C11H22N2O4. The molecule has 2 unspecified atom stereocenters. The second kappa shape index (κ2) is 7.89. The summed E-state index contributed by atoms with van der Waals surface area (Å²) < 4.78 is 0. The molecule has 0 saturated carbocycles. The van der Waals surface area contributed by atoms with Gasteiger partial charge < -0.3 is 20.4 Å². The molecule has 6 heteroatoms. The van der Waals surface area contributed by atoms with Crippen LogP contribution in [0, 0.1) is 5.92 Å². The average Bonchev–Trinajstić information content (AvgIpc) is 2.22. The Bertz CT molecular complexity index is 256. The van der Waals surface area contributed by atoms with Crippen LogP contribution < -0.4 is 5.32 Å². The minimum absolute atomic E-state index is 0.256. The number of nitrogens with zero attached hydrogens (tertiary/aromatic N) is 1. The second-order valence-electron chi connectivity index (χ2n) is 4.34. The minimum atomic E-state index is -0.817. The molecular weight excluding hydrogens is 224 g/mol. The molecule has 6 nitrogen and oxygen atoms in total. The molecule has 0 saturated heterocycles. The van der Waals surface area contributed by atoms with Gasteiger partial charge >= 0.3 is 12.0 Å². The van der Waals surface area contributed by atoms with Gasteiger partial charge in [-0.3, -0.25) is 4.79 Å². The van der Waals surface area contributed by atoms with Gasteiger partial charge in [0.15, 0.2) is 0 Å². The van der Waals surface area contributed by atoms with Crippen LogP contribution in [-0.2, 0) is 4.79 Å². The van der Waals surface area contributed by atoms with E-state index in [1.807, 2.05) is 0 Å². The lowest BCUT2D eigenvalue weighted by Crippen LogP contribution is -2.41. The van der Waals surface area contributed by atoms with E-state index in [0.29, 0.717) is 19.4 Å². The Morgan fingerprint density at radius 2 is 1.94 bits per heavy atom. The van der Waals surface area contributed by atoms with Crippen LogP contribution in [0.25, 0.3) is 0 Å². The van der Waals surface area contributed by atoms with Gasteiger partial charge in [-0.05, 0) is 19.8 Å². The number of amides is 2. The van der Waals surface area contributed by atoms with Crippen molar-refractivity contribution in [3.05, 3.63) is 0 Å². The topological polar surface area (TPSA) is 89.9 Å². The fourth-order valence-corrected chi connectivity index (χ4v) is 1.34. The molecule has 0 spiro atoms. The highest BCUT2D eigenvalue weighted by Crippen LogP contribution is 2.04. The number of aliphatic hydroxyl groups excluding tert-OH is 1. The predicted octanol–water partition coefficient (Wildman–Crippen LogP) is 0.509. The first-order chi connectivity index (χ1) is 7.84. The Hall–Kier alpha value is -1.30. The van der Waals surface area contributed by atoms with Crippen molar-refractivity contribution >= 4 is 12.0 Å². The molecule has 0 radical (unpaired) electrons. The van der Waals surface area contributed by atoms with Crippen molar-refractivity contribution in [1.29, 1.82) is 0 Å². The Labute approximate surface area is 102 Å². The number of aliphatic carboxylic acids is 1. The highest BCUT2D eigenvalue weighted by atomic mass is 16.4. The molecule has 0 aromatic carbocycles. The third-order valence-corrected chi connectivity index (χ3v) is 2.40. The quantitative estimate of drug-likeness (QED) is 0.571. The Morgan fingerprint density at radius 3 is 2.41 bits per heavy atom. The van der Waals surface area contributed by atoms with E-state index in [4.69, 9.17) is 10.2 Å². The van der Waals surface area contributed by atoms with Gasteiger partial charge in [-0.1, -0.05) is 6.92 Å². The highest BCUT2D eigenvalue weighted by Gasteiger charge is 2.12. The molecule has 100 valence electrons. The Morgan fingerprint density at radius 1 is 1.35 bits per heavy atom. The van der Waals surface area contributed by atoms with Gasteiger partial charge in [0.25, 0.3) is 0 Å². The summed E-state index contributed by atoms with van der Waals surface area (Å²) >= 11 is 0. The van der Waals surface area contributed by atoms with Gasteiger partial charge in [-0.25, -0.2) is 4.79 Å². The first-order valence-electron chi connectivity index (χ1n) is 5.74. The van der Waals surface area contributed by atoms with Crippen LogP contribution in [0.3, 0.4) is 0 Å². The van der Waals surface area contributed by atoms with Gasteiger partial charge in [0.2, 0.25) is 0 Å². The van der Waals surface area contributed by atoms with Crippen molar-refractivity contribution < 1.29 is 19.8 Å². The molecule has 0 aliphatic heterocycles. The lowest BCUT2D eigenvalue weighted by atomic mass is 10.1. The van der Waals surface area contributed by atoms with E-state index in [1.54, 1.807) is 20.9 Å². The molecule has 0 bridgehead atoms. The summed E-state index contributed by atoms with van der Waals surface area (Å²) in [5, 5.41) is 20.4. The zero-order chi connectivity index (χ0) is 13.4. The van der Waals surface area contributed by atoms with Crippen molar-refractivity contribution in [3.8, 4) is 0 Å². The van der Waals surface area contributed by atoms with Gasteiger partial charge in [0.05, 0.1) is 12.0 Å². The average molecular weight is 246 g/mol. The summed E-state index contributed by atoms with van der Waals surface area (Å²) in [6.07, 6.45) is 0.607. The van der Waals surface area contributed by atoms with E-state index in [2.05, 4.69) is 5.32 Å². The number of hydrogen-bond acceptors (Lipinski definition) is 3. The van der Waals surface area contributed by atoms with Crippen LogP contribution >= 0.6 is 0 Å². The SMILES string of the molecule is CC(O)CN(C)C(=O)NCCCC(C)C(=O)O. The van der Waals surface area contributed by atoms with E-state index in [-0.39, 0.29) is 18.5 Å². The van der Waals surface area contributed by atoms with Crippen LogP contribution in [0.4, 0.5) is 4.79 Å². The molecule has 2 atom stereocenters. The monoisotopic (exact) mass is 246 g/mol. The number of carboxylic acids is 1. The first kappa shape index (κ1) is 15.7.